The van der Waals surface area contributed by atoms with Gasteiger partial charge in [0, 0.05) is 5.56 Å². The van der Waals surface area contributed by atoms with E-state index in [-0.39, 0.29) is 17.5 Å². The first-order valence-corrected chi connectivity index (χ1v) is 5.10. The Balaban J connectivity index is 2.68. The fourth-order valence-corrected chi connectivity index (χ4v) is 1.92. The van der Waals surface area contributed by atoms with Gasteiger partial charge in [-0.05, 0) is 16.3 Å². The number of aliphatic carboxylic acids is 1. The molecule has 2 aromatic rings. The number of alkyl halides is 2. The second-order valence-electron chi connectivity index (χ2n) is 3.73. The molecule has 0 atom stereocenters. The summed E-state index contributed by atoms with van der Waals surface area (Å²) in [6.45, 7) is 0. The molecule has 0 saturated heterocycles. The highest BCUT2D eigenvalue weighted by molar-refractivity contribution is 5.88. The standard InChI is InChI=1S/C13H10F2O2/c14-13(15)12-9(7-11(16)17)6-5-8-3-1-2-4-10(8)12/h1-6,13H,7H2,(H,16,17). The van der Waals surface area contributed by atoms with E-state index in [1.54, 1.807) is 30.3 Å². The highest BCUT2D eigenvalue weighted by Gasteiger charge is 2.18. The average molecular weight is 236 g/mol. The van der Waals surface area contributed by atoms with Crippen molar-refractivity contribution in [2.45, 2.75) is 12.8 Å². The Bertz CT molecular complexity index is 564. The predicted octanol–water partition coefficient (Wildman–Crippen LogP) is 3.40. The minimum Gasteiger partial charge on any atom is -0.481 e. The maximum Gasteiger partial charge on any atom is 0.307 e. The number of rotatable bonds is 3. The Kier molecular flexibility index (Phi) is 3.04. The number of carboxylic acids is 1. The lowest BCUT2D eigenvalue weighted by Crippen LogP contribution is -2.04. The topological polar surface area (TPSA) is 37.3 Å². The third-order valence-electron chi connectivity index (χ3n) is 2.62. The molecule has 0 amide bonds. The smallest absolute Gasteiger partial charge is 0.307 e. The van der Waals surface area contributed by atoms with Gasteiger partial charge < -0.3 is 5.11 Å². The van der Waals surface area contributed by atoms with Crippen molar-refractivity contribution in [3.05, 3.63) is 47.5 Å². The van der Waals surface area contributed by atoms with Crippen molar-refractivity contribution < 1.29 is 18.7 Å². The van der Waals surface area contributed by atoms with Crippen LogP contribution in [0.5, 0.6) is 0 Å². The molecule has 0 fully saturated rings. The van der Waals surface area contributed by atoms with Crippen molar-refractivity contribution in [2.24, 2.45) is 0 Å². The monoisotopic (exact) mass is 236 g/mol. The number of benzene rings is 2. The van der Waals surface area contributed by atoms with Crippen LogP contribution in [0.25, 0.3) is 10.8 Å². The lowest BCUT2D eigenvalue weighted by Gasteiger charge is -2.10. The third kappa shape index (κ3) is 2.25. The van der Waals surface area contributed by atoms with Crippen LogP contribution in [0, 0.1) is 0 Å². The summed E-state index contributed by atoms with van der Waals surface area (Å²) in [5.74, 6) is -1.11. The highest BCUT2D eigenvalue weighted by atomic mass is 19.3. The maximum atomic E-state index is 13.0. The lowest BCUT2D eigenvalue weighted by molar-refractivity contribution is -0.136. The highest BCUT2D eigenvalue weighted by Crippen LogP contribution is 2.31. The van der Waals surface area contributed by atoms with E-state index in [1.807, 2.05) is 0 Å². The summed E-state index contributed by atoms with van der Waals surface area (Å²) in [6.07, 6.45) is -3.06. The summed E-state index contributed by atoms with van der Waals surface area (Å²) in [6, 6.07) is 9.86. The van der Waals surface area contributed by atoms with Crippen LogP contribution < -0.4 is 0 Å². The zero-order chi connectivity index (χ0) is 12.4. The van der Waals surface area contributed by atoms with Crippen LogP contribution in [0.2, 0.25) is 0 Å². The number of carboxylic acid groups (broad SMARTS) is 1. The molecule has 0 aliphatic rings. The molecule has 0 aromatic heterocycles. The molecular formula is C13H10F2O2. The van der Waals surface area contributed by atoms with Crippen LogP contribution in [0.4, 0.5) is 8.78 Å². The first-order chi connectivity index (χ1) is 8.09. The molecule has 17 heavy (non-hydrogen) atoms. The molecule has 0 saturated carbocycles. The van der Waals surface area contributed by atoms with E-state index in [1.165, 1.54) is 6.07 Å². The van der Waals surface area contributed by atoms with Crippen molar-refractivity contribution >= 4 is 16.7 Å². The van der Waals surface area contributed by atoms with Gasteiger partial charge in [0.2, 0.25) is 0 Å². The van der Waals surface area contributed by atoms with E-state index in [0.717, 1.165) is 0 Å². The molecule has 0 spiro atoms. The minimum atomic E-state index is -2.67. The zero-order valence-electron chi connectivity index (χ0n) is 8.86. The Morgan fingerprint density at radius 2 is 1.88 bits per heavy atom. The molecule has 0 bridgehead atoms. The normalized spacial score (nSPS) is 11.0. The Labute approximate surface area is 96.5 Å². The molecule has 4 heteroatoms. The molecule has 2 nitrogen and oxygen atoms in total. The summed E-state index contributed by atoms with van der Waals surface area (Å²) in [5.41, 5.74) is -0.00306. The van der Waals surface area contributed by atoms with Gasteiger partial charge in [-0.15, -0.1) is 0 Å². The number of hydrogen-bond donors (Lipinski definition) is 1. The van der Waals surface area contributed by atoms with Crippen LogP contribution in [0.15, 0.2) is 36.4 Å². The van der Waals surface area contributed by atoms with Crippen LogP contribution in [-0.2, 0) is 11.2 Å². The molecule has 0 aliphatic carbocycles. The molecule has 0 unspecified atom stereocenters. The SMILES string of the molecule is O=C(O)Cc1ccc2ccccc2c1C(F)F. The summed E-state index contributed by atoms with van der Waals surface area (Å²) < 4.78 is 26.0. The molecule has 88 valence electrons. The predicted molar refractivity (Wildman–Crippen MR) is 60.2 cm³/mol. The molecule has 1 N–H and O–H groups in total. The van der Waals surface area contributed by atoms with Crippen molar-refractivity contribution in [3.63, 3.8) is 0 Å². The number of carbonyl (C=O) groups is 1. The van der Waals surface area contributed by atoms with Crippen LogP contribution in [0.3, 0.4) is 0 Å². The second-order valence-corrected chi connectivity index (χ2v) is 3.73. The van der Waals surface area contributed by atoms with E-state index in [9.17, 15) is 13.6 Å². The van der Waals surface area contributed by atoms with Crippen molar-refractivity contribution in [1.29, 1.82) is 0 Å². The molecule has 0 aliphatic heterocycles. The summed E-state index contributed by atoms with van der Waals surface area (Å²) in [4.78, 5) is 10.6. The van der Waals surface area contributed by atoms with Gasteiger partial charge in [0.05, 0.1) is 6.42 Å². The van der Waals surface area contributed by atoms with Gasteiger partial charge in [-0.3, -0.25) is 4.79 Å². The molecule has 0 radical (unpaired) electrons. The van der Waals surface area contributed by atoms with E-state index >= 15 is 0 Å². The van der Waals surface area contributed by atoms with Crippen molar-refractivity contribution in [3.8, 4) is 0 Å². The summed E-state index contributed by atoms with van der Waals surface area (Å²) >= 11 is 0. The third-order valence-corrected chi connectivity index (χ3v) is 2.62. The summed E-state index contributed by atoms with van der Waals surface area (Å²) in [5, 5.41) is 9.81. The molecule has 2 aromatic carbocycles. The van der Waals surface area contributed by atoms with Crippen molar-refractivity contribution in [2.75, 3.05) is 0 Å². The van der Waals surface area contributed by atoms with Gasteiger partial charge in [0.25, 0.3) is 6.43 Å². The van der Waals surface area contributed by atoms with Gasteiger partial charge in [0.15, 0.2) is 0 Å². The van der Waals surface area contributed by atoms with E-state index in [4.69, 9.17) is 5.11 Å². The van der Waals surface area contributed by atoms with Gasteiger partial charge in [-0.2, -0.15) is 0 Å². The van der Waals surface area contributed by atoms with Crippen LogP contribution in [0.1, 0.15) is 17.6 Å². The quantitative estimate of drug-likeness (QED) is 0.886. The average Bonchev–Trinajstić information content (AvgIpc) is 2.27. The fraction of sp³-hybridized carbons (Fsp3) is 0.154. The van der Waals surface area contributed by atoms with E-state index in [2.05, 4.69) is 0 Å². The molecule has 2 rings (SSSR count). The zero-order valence-corrected chi connectivity index (χ0v) is 8.86. The summed E-state index contributed by atoms with van der Waals surface area (Å²) in [7, 11) is 0. The second kappa shape index (κ2) is 4.49. The van der Waals surface area contributed by atoms with E-state index < -0.39 is 12.4 Å². The van der Waals surface area contributed by atoms with E-state index in [0.29, 0.717) is 10.8 Å². The van der Waals surface area contributed by atoms with Gasteiger partial charge >= 0.3 is 5.97 Å². The number of halogens is 2. The van der Waals surface area contributed by atoms with Crippen molar-refractivity contribution in [1.82, 2.24) is 0 Å². The Morgan fingerprint density at radius 3 is 2.53 bits per heavy atom. The Morgan fingerprint density at radius 1 is 1.18 bits per heavy atom. The largest absolute Gasteiger partial charge is 0.481 e. The number of fused-ring (bicyclic) bond motifs is 1. The van der Waals surface area contributed by atoms with Gasteiger partial charge in [0.1, 0.15) is 0 Å². The number of hydrogen-bond acceptors (Lipinski definition) is 1. The Hall–Kier alpha value is -1.97. The maximum absolute atomic E-state index is 13.0. The molecule has 0 heterocycles. The molecular weight excluding hydrogens is 226 g/mol. The first-order valence-electron chi connectivity index (χ1n) is 5.10. The first kappa shape index (κ1) is 11.5. The van der Waals surface area contributed by atoms with Crippen LogP contribution in [-0.4, -0.2) is 11.1 Å². The fourth-order valence-electron chi connectivity index (χ4n) is 1.92. The van der Waals surface area contributed by atoms with Gasteiger partial charge in [-0.25, -0.2) is 8.78 Å². The van der Waals surface area contributed by atoms with Gasteiger partial charge in [-0.1, -0.05) is 36.4 Å². The van der Waals surface area contributed by atoms with Crippen LogP contribution >= 0.6 is 0 Å². The lowest BCUT2D eigenvalue weighted by atomic mass is 9.97. The minimum absolute atomic E-state index is 0.172.